The molecule has 0 unspecified atom stereocenters. The van der Waals surface area contributed by atoms with Crippen molar-refractivity contribution in [3.63, 3.8) is 0 Å². The van der Waals surface area contributed by atoms with Gasteiger partial charge in [-0.3, -0.25) is 0 Å². The lowest BCUT2D eigenvalue weighted by Crippen LogP contribution is -1.97. The lowest BCUT2D eigenvalue weighted by Gasteiger charge is -1.98. The van der Waals surface area contributed by atoms with Gasteiger partial charge in [-0.15, -0.1) is 0 Å². The topological polar surface area (TPSA) is 56.3 Å². The molecule has 0 saturated heterocycles. The Balaban J connectivity index is 3.19. The standard InChI is InChI=1S/C7H10ClNO3S2/c1-3-5-9-6(14(8,10)11)7(13-5)12-4-2/h3-4H2,1-2H3. The maximum absolute atomic E-state index is 11.1. The number of thiazole rings is 1. The fraction of sp³-hybridized carbons (Fsp3) is 0.571. The molecule has 0 spiro atoms. The van der Waals surface area contributed by atoms with Crippen molar-refractivity contribution in [3.8, 4) is 5.06 Å². The number of hydrogen-bond donors (Lipinski definition) is 0. The summed E-state index contributed by atoms with van der Waals surface area (Å²) in [4.78, 5) is 3.89. The summed E-state index contributed by atoms with van der Waals surface area (Å²) in [5.41, 5.74) is 0. The van der Waals surface area contributed by atoms with Crippen molar-refractivity contribution in [1.29, 1.82) is 0 Å². The van der Waals surface area contributed by atoms with Gasteiger partial charge >= 0.3 is 0 Å². The average molecular weight is 256 g/mol. The van der Waals surface area contributed by atoms with Crippen molar-refractivity contribution in [3.05, 3.63) is 5.01 Å². The van der Waals surface area contributed by atoms with Crippen LogP contribution in [0.25, 0.3) is 0 Å². The minimum absolute atomic E-state index is 0.164. The molecule has 4 nitrogen and oxygen atoms in total. The number of aromatic nitrogens is 1. The second-order valence-corrected chi connectivity index (χ2v) is 5.95. The summed E-state index contributed by atoms with van der Waals surface area (Å²) in [6, 6.07) is 0. The second-order valence-electron chi connectivity index (χ2n) is 2.42. The molecule has 1 rings (SSSR count). The molecule has 0 aliphatic heterocycles. The second kappa shape index (κ2) is 4.46. The van der Waals surface area contributed by atoms with Gasteiger partial charge in [-0.2, -0.15) is 0 Å². The zero-order chi connectivity index (χ0) is 10.8. The molecule has 0 atom stereocenters. The number of halogens is 1. The number of ether oxygens (including phenoxy) is 1. The third-order valence-electron chi connectivity index (χ3n) is 1.42. The van der Waals surface area contributed by atoms with Crippen LogP contribution < -0.4 is 4.74 Å². The molecule has 0 bridgehead atoms. The van der Waals surface area contributed by atoms with Crippen molar-refractivity contribution >= 4 is 31.1 Å². The van der Waals surface area contributed by atoms with E-state index in [2.05, 4.69) is 4.98 Å². The molecule has 1 heterocycles. The maximum Gasteiger partial charge on any atom is 0.283 e. The molecule has 1 aromatic rings. The van der Waals surface area contributed by atoms with E-state index in [9.17, 15) is 8.42 Å². The molecule has 14 heavy (non-hydrogen) atoms. The molecule has 1 aromatic heterocycles. The van der Waals surface area contributed by atoms with Gasteiger partial charge in [0.1, 0.15) is 0 Å². The highest BCUT2D eigenvalue weighted by Gasteiger charge is 2.22. The molecule has 0 amide bonds. The summed E-state index contributed by atoms with van der Waals surface area (Å²) < 4.78 is 27.3. The maximum atomic E-state index is 11.1. The zero-order valence-electron chi connectivity index (χ0n) is 7.78. The van der Waals surface area contributed by atoms with E-state index in [1.165, 1.54) is 11.3 Å². The minimum Gasteiger partial charge on any atom is -0.482 e. The van der Waals surface area contributed by atoms with Crippen molar-refractivity contribution in [2.45, 2.75) is 25.3 Å². The highest BCUT2D eigenvalue weighted by Crippen LogP contribution is 2.33. The van der Waals surface area contributed by atoms with Gasteiger partial charge in [-0.25, -0.2) is 13.4 Å². The first-order valence-corrected chi connectivity index (χ1v) is 7.18. The number of rotatable bonds is 4. The van der Waals surface area contributed by atoms with Gasteiger partial charge in [-0.05, 0) is 13.3 Å². The molecule has 7 heteroatoms. The van der Waals surface area contributed by atoms with Gasteiger partial charge in [0.05, 0.1) is 11.6 Å². The first-order chi connectivity index (χ1) is 6.49. The van der Waals surface area contributed by atoms with E-state index in [-0.39, 0.29) is 10.1 Å². The van der Waals surface area contributed by atoms with Gasteiger partial charge in [0.25, 0.3) is 9.05 Å². The van der Waals surface area contributed by atoms with E-state index in [4.69, 9.17) is 15.4 Å². The van der Waals surface area contributed by atoms with Crippen molar-refractivity contribution in [2.24, 2.45) is 0 Å². The molecular weight excluding hydrogens is 246 g/mol. The van der Waals surface area contributed by atoms with E-state index in [0.29, 0.717) is 18.0 Å². The van der Waals surface area contributed by atoms with Crippen LogP contribution in [0.2, 0.25) is 0 Å². The molecule has 0 saturated carbocycles. The Morgan fingerprint density at radius 3 is 2.57 bits per heavy atom. The molecule has 0 radical (unpaired) electrons. The third-order valence-corrected chi connectivity index (χ3v) is 3.84. The number of nitrogens with zero attached hydrogens (tertiary/aromatic N) is 1. The molecule has 0 fully saturated rings. The molecule has 0 aromatic carbocycles. The van der Waals surface area contributed by atoms with Crippen LogP contribution in [0.15, 0.2) is 5.03 Å². The Morgan fingerprint density at radius 2 is 2.14 bits per heavy atom. The van der Waals surface area contributed by atoms with Gasteiger partial charge in [0, 0.05) is 10.7 Å². The van der Waals surface area contributed by atoms with E-state index in [0.717, 1.165) is 0 Å². The van der Waals surface area contributed by atoms with Gasteiger partial charge in [0.15, 0.2) is 0 Å². The Kier molecular flexibility index (Phi) is 3.74. The summed E-state index contributed by atoms with van der Waals surface area (Å²) >= 11 is 1.21. The fourth-order valence-electron chi connectivity index (χ4n) is 0.860. The Bertz CT molecular complexity index is 413. The zero-order valence-corrected chi connectivity index (χ0v) is 10.2. The molecule has 80 valence electrons. The lowest BCUT2D eigenvalue weighted by atomic mass is 10.5. The minimum atomic E-state index is -3.80. The summed E-state index contributed by atoms with van der Waals surface area (Å²) in [5, 5.41) is 0.815. The Morgan fingerprint density at radius 1 is 1.50 bits per heavy atom. The normalized spacial score (nSPS) is 11.6. The van der Waals surface area contributed by atoms with Crippen molar-refractivity contribution in [1.82, 2.24) is 4.98 Å². The summed E-state index contributed by atoms with van der Waals surface area (Å²) in [6.45, 7) is 4.06. The largest absolute Gasteiger partial charge is 0.482 e. The first-order valence-electron chi connectivity index (χ1n) is 4.06. The van der Waals surface area contributed by atoms with Crippen LogP contribution in [0.5, 0.6) is 5.06 Å². The third kappa shape index (κ3) is 2.59. The monoisotopic (exact) mass is 255 g/mol. The predicted octanol–water partition coefficient (Wildman–Crippen LogP) is 2.03. The smallest absolute Gasteiger partial charge is 0.283 e. The van der Waals surface area contributed by atoms with Crippen LogP contribution in [0.4, 0.5) is 0 Å². The van der Waals surface area contributed by atoms with Crippen molar-refractivity contribution < 1.29 is 13.2 Å². The van der Waals surface area contributed by atoms with E-state index < -0.39 is 9.05 Å². The van der Waals surface area contributed by atoms with Crippen LogP contribution in [0.3, 0.4) is 0 Å². The summed E-state index contributed by atoms with van der Waals surface area (Å²) in [6.07, 6.45) is 0.664. The summed E-state index contributed by atoms with van der Waals surface area (Å²) in [7, 11) is 1.41. The van der Waals surface area contributed by atoms with Gasteiger partial charge < -0.3 is 4.74 Å². The average Bonchev–Trinajstić information content (AvgIpc) is 2.48. The van der Waals surface area contributed by atoms with Crippen molar-refractivity contribution in [2.75, 3.05) is 6.61 Å². The van der Waals surface area contributed by atoms with E-state index in [1.54, 1.807) is 6.92 Å². The molecule has 0 aliphatic rings. The van der Waals surface area contributed by atoms with E-state index >= 15 is 0 Å². The van der Waals surface area contributed by atoms with Crippen LogP contribution in [0, 0.1) is 0 Å². The van der Waals surface area contributed by atoms with Crippen LogP contribution in [-0.2, 0) is 15.5 Å². The predicted molar refractivity (Wildman–Crippen MR) is 55.7 cm³/mol. The van der Waals surface area contributed by atoms with Crippen LogP contribution >= 0.6 is 22.0 Å². The van der Waals surface area contributed by atoms with Crippen LogP contribution in [0.1, 0.15) is 18.9 Å². The van der Waals surface area contributed by atoms with E-state index in [1.807, 2.05) is 6.92 Å². The molecular formula is C7H10ClNO3S2. The fourth-order valence-corrected chi connectivity index (χ4v) is 3.11. The quantitative estimate of drug-likeness (QED) is 0.773. The highest BCUT2D eigenvalue weighted by molar-refractivity contribution is 8.13. The molecule has 0 N–H and O–H groups in total. The van der Waals surface area contributed by atoms with Crippen LogP contribution in [-0.4, -0.2) is 20.0 Å². The number of hydrogen-bond acceptors (Lipinski definition) is 5. The first kappa shape index (κ1) is 11.7. The van der Waals surface area contributed by atoms with Gasteiger partial charge in [-0.1, -0.05) is 18.3 Å². The van der Waals surface area contributed by atoms with Gasteiger partial charge in [0.2, 0.25) is 10.1 Å². The Labute approximate surface area is 91.3 Å². The highest BCUT2D eigenvalue weighted by atomic mass is 35.7. The lowest BCUT2D eigenvalue weighted by molar-refractivity contribution is 0.340. The SMILES string of the molecule is CCOc1sc(CC)nc1S(=O)(=O)Cl. The number of aryl methyl sites for hydroxylation is 1. The summed E-state index contributed by atoms with van der Waals surface area (Å²) in [5.74, 6) is 0. The molecule has 0 aliphatic carbocycles. The Hall–Kier alpha value is -0.330.